The Labute approximate surface area is 131 Å². The normalized spacial score (nSPS) is 14.2. The van der Waals surface area contributed by atoms with E-state index in [0.717, 1.165) is 35.9 Å². The smallest absolute Gasteiger partial charge is 0.0977 e. The summed E-state index contributed by atoms with van der Waals surface area (Å²) in [5.74, 6) is 0. The quantitative estimate of drug-likeness (QED) is 0.651. The van der Waals surface area contributed by atoms with E-state index in [0.29, 0.717) is 13.2 Å². The van der Waals surface area contributed by atoms with Crippen LogP contribution in [0, 0.1) is 0 Å². The molecule has 0 amide bonds. The first-order valence-electron chi connectivity index (χ1n) is 7.39. The van der Waals surface area contributed by atoms with Crippen LogP contribution in [0.2, 0.25) is 0 Å². The minimum Gasteiger partial charge on any atom is -0.379 e. The van der Waals surface area contributed by atoms with E-state index >= 15 is 0 Å². The number of ether oxygens (including phenoxy) is 2. The second-order valence-electron chi connectivity index (χ2n) is 4.88. The van der Waals surface area contributed by atoms with Crippen LogP contribution in [-0.2, 0) is 9.47 Å². The molecule has 0 fully saturated rings. The van der Waals surface area contributed by atoms with Crippen molar-refractivity contribution < 1.29 is 9.47 Å². The Bertz CT molecular complexity index is 373. The van der Waals surface area contributed by atoms with Crippen LogP contribution in [0.25, 0.3) is 0 Å². The molecule has 0 aromatic heterocycles. The highest BCUT2D eigenvalue weighted by atomic mass is 79.9. The van der Waals surface area contributed by atoms with Gasteiger partial charge in [0.15, 0.2) is 0 Å². The van der Waals surface area contributed by atoms with E-state index in [-0.39, 0.29) is 12.1 Å². The molecule has 1 rings (SSSR count). The first kappa shape index (κ1) is 17.6. The largest absolute Gasteiger partial charge is 0.379 e. The van der Waals surface area contributed by atoms with E-state index in [1.807, 2.05) is 12.1 Å². The molecule has 0 bridgehead atoms. The van der Waals surface area contributed by atoms with Gasteiger partial charge in [-0.05, 0) is 30.5 Å². The minimum atomic E-state index is -0.0766. The van der Waals surface area contributed by atoms with Gasteiger partial charge in [0.05, 0.1) is 19.3 Å². The molecule has 20 heavy (non-hydrogen) atoms. The molecule has 0 saturated carbocycles. The van der Waals surface area contributed by atoms with Crippen molar-refractivity contribution in [2.45, 2.75) is 45.3 Å². The maximum Gasteiger partial charge on any atom is 0.0977 e. The van der Waals surface area contributed by atoms with Crippen molar-refractivity contribution in [2.24, 2.45) is 5.73 Å². The molecule has 4 heteroatoms. The lowest BCUT2D eigenvalue weighted by Crippen LogP contribution is -2.30. The molecule has 114 valence electrons. The molecule has 0 spiro atoms. The molecule has 1 aromatic carbocycles. The van der Waals surface area contributed by atoms with E-state index in [1.165, 1.54) is 0 Å². The standard InChI is InChI=1S/C16H26BrNO2/c1-3-5-9-19-10-11-20-16(15(18)4-2)13-7-6-8-14(17)12-13/h6-8,12,15-16H,3-5,9-11,18H2,1-2H3. The van der Waals surface area contributed by atoms with E-state index in [4.69, 9.17) is 15.2 Å². The maximum absolute atomic E-state index is 6.18. The van der Waals surface area contributed by atoms with Crippen LogP contribution < -0.4 is 5.73 Å². The Morgan fingerprint density at radius 2 is 2.00 bits per heavy atom. The predicted octanol–water partition coefficient (Wildman–Crippen LogP) is 4.06. The summed E-state index contributed by atoms with van der Waals surface area (Å²) >= 11 is 3.49. The van der Waals surface area contributed by atoms with E-state index in [2.05, 4.69) is 41.9 Å². The highest BCUT2D eigenvalue weighted by molar-refractivity contribution is 9.10. The van der Waals surface area contributed by atoms with Gasteiger partial charge in [0, 0.05) is 17.1 Å². The van der Waals surface area contributed by atoms with Gasteiger partial charge in [-0.15, -0.1) is 0 Å². The van der Waals surface area contributed by atoms with Gasteiger partial charge in [-0.1, -0.05) is 48.3 Å². The molecule has 2 N–H and O–H groups in total. The van der Waals surface area contributed by atoms with Gasteiger partial charge in [0.25, 0.3) is 0 Å². The van der Waals surface area contributed by atoms with Gasteiger partial charge in [-0.3, -0.25) is 0 Å². The van der Waals surface area contributed by atoms with Crippen molar-refractivity contribution in [3.8, 4) is 0 Å². The molecule has 0 radical (unpaired) electrons. The number of hydrogen-bond acceptors (Lipinski definition) is 3. The van der Waals surface area contributed by atoms with Gasteiger partial charge < -0.3 is 15.2 Å². The average Bonchev–Trinajstić information content (AvgIpc) is 2.46. The number of nitrogens with two attached hydrogens (primary N) is 1. The second-order valence-corrected chi connectivity index (χ2v) is 5.80. The van der Waals surface area contributed by atoms with Crippen LogP contribution in [0.4, 0.5) is 0 Å². The lowest BCUT2D eigenvalue weighted by molar-refractivity contribution is -0.00823. The van der Waals surface area contributed by atoms with Crippen molar-refractivity contribution in [3.05, 3.63) is 34.3 Å². The Hall–Kier alpha value is -0.420. The molecule has 0 aliphatic heterocycles. The summed E-state index contributed by atoms with van der Waals surface area (Å²) in [6.45, 7) is 6.25. The number of rotatable bonds is 10. The van der Waals surface area contributed by atoms with Crippen molar-refractivity contribution in [1.82, 2.24) is 0 Å². The van der Waals surface area contributed by atoms with Gasteiger partial charge in [-0.2, -0.15) is 0 Å². The van der Waals surface area contributed by atoms with Gasteiger partial charge >= 0.3 is 0 Å². The van der Waals surface area contributed by atoms with Crippen molar-refractivity contribution in [1.29, 1.82) is 0 Å². The Morgan fingerprint density at radius 3 is 2.65 bits per heavy atom. The maximum atomic E-state index is 6.18. The summed E-state index contributed by atoms with van der Waals surface area (Å²) < 4.78 is 12.5. The lowest BCUT2D eigenvalue weighted by Gasteiger charge is -2.24. The van der Waals surface area contributed by atoms with Crippen LogP contribution in [0.1, 0.15) is 44.8 Å². The highest BCUT2D eigenvalue weighted by Gasteiger charge is 2.19. The molecule has 0 heterocycles. The summed E-state index contributed by atoms with van der Waals surface area (Å²) in [7, 11) is 0. The van der Waals surface area contributed by atoms with Crippen LogP contribution in [0.15, 0.2) is 28.7 Å². The third kappa shape index (κ3) is 6.35. The molecular formula is C16H26BrNO2. The Kier molecular flexibility index (Phi) is 9.10. The molecule has 3 nitrogen and oxygen atoms in total. The van der Waals surface area contributed by atoms with E-state index in [1.54, 1.807) is 0 Å². The second kappa shape index (κ2) is 10.3. The number of benzene rings is 1. The summed E-state index contributed by atoms with van der Waals surface area (Å²) in [6, 6.07) is 8.14. The number of hydrogen-bond donors (Lipinski definition) is 1. The molecule has 2 unspecified atom stereocenters. The van der Waals surface area contributed by atoms with Gasteiger partial charge in [0.2, 0.25) is 0 Å². The highest BCUT2D eigenvalue weighted by Crippen LogP contribution is 2.24. The summed E-state index contributed by atoms with van der Waals surface area (Å²) in [5.41, 5.74) is 7.29. The molecule has 0 aliphatic carbocycles. The van der Waals surface area contributed by atoms with Gasteiger partial charge in [0.1, 0.15) is 0 Å². The molecule has 0 saturated heterocycles. The molecule has 0 aliphatic rings. The fourth-order valence-electron chi connectivity index (χ4n) is 1.95. The minimum absolute atomic E-state index is 0.0000539. The fourth-order valence-corrected chi connectivity index (χ4v) is 2.36. The topological polar surface area (TPSA) is 44.5 Å². The summed E-state index contributed by atoms with van der Waals surface area (Å²) in [5, 5.41) is 0. The van der Waals surface area contributed by atoms with Gasteiger partial charge in [-0.25, -0.2) is 0 Å². The zero-order valence-corrected chi connectivity index (χ0v) is 14.1. The zero-order chi connectivity index (χ0) is 14.8. The van der Waals surface area contributed by atoms with E-state index in [9.17, 15) is 0 Å². The monoisotopic (exact) mass is 343 g/mol. The van der Waals surface area contributed by atoms with Crippen molar-refractivity contribution >= 4 is 15.9 Å². The molecule has 2 atom stereocenters. The van der Waals surface area contributed by atoms with E-state index < -0.39 is 0 Å². The number of unbranched alkanes of at least 4 members (excludes halogenated alkanes) is 1. The summed E-state index contributed by atoms with van der Waals surface area (Å²) in [4.78, 5) is 0. The lowest BCUT2D eigenvalue weighted by atomic mass is 10.0. The first-order chi connectivity index (χ1) is 9.69. The Morgan fingerprint density at radius 1 is 1.20 bits per heavy atom. The predicted molar refractivity (Wildman–Crippen MR) is 86.8 cm³/mol. The fraction of sp³-hybridized carbons (Fsp3) is 0.625. The average molecular weight is 344 g/mol. The summed E-state index contributed by atoms with van der Waals surface area (Å²) in [6.07, 6.45) is 3.06. The van der Waals surface area contributed by atoms with Crippen molar-refractivity contribution in [3.63, 3.8) is 0 Å². The third-order valence-corrected chi connectivity index (χ3v) is 3.70. The van der Waals surface area contributed by atoms with Crippen molar-refractivity contribution in [2.75, 3.05) is 19.8 Å². The first-order valence-corrected chi connectivity index (χ1v) is 8.18. The van der Waals surface area contributed by atoms with Crippen LogP contribution in [0.3, 0.4) is 0 Å². The molecular weight excluding hydrogens is 318 g/mol. The zero-order valence-electron chi connectivity index (χ0n) is 12.5. The van der Waals surface area contributed by atoms with Crippen LogP contribution in [0.5, 0.6) is 0 Å². The SMILES string of the molecule is CCCCOCCOC(c1cccc(Br)c1)C(N)CC. The van der Waals surface area contributed by atoms with Crippen LogP contribution in [-0.4, -0.2) is 25.9 Å². The Balaban J connectivity index is 2.49. The number of halogens is 1. The molecule has 1 aromatic rings. The third-order valence-electron chi connectivity index (χ3n) is 3.20. The van der Waals surface area contributed by atoms with Crippen LogP contribution >= 0.6 is 15.9 Å².